The highest BCUT2D eigenvalue weighted by Gasteiger charge is 2.16. The van der Waals surface area contributed by atoms with Crippen molar-refractivity contribution in [1.82, 2.24) is 5.32 Å². The third-order valence-corrected chi connectivity index (χ3v) is 4.04. The van der Waals surface area contributed by atoms with Gasteiger partial charge in [-0.2, -0.15) is 0 Å². The highest BCUT2D eigenvalue weighted by Crippen LogP contribution is 2.23. The molecule has 104 valence electrons. The number of benzene rings is 2. The Morgan fingerprint density at radius 3 is 2.60 bits per heavy atom. The zero-order valence-corrected chi connectivity index (χ0v) is 13.6. The fourth-order valence-electron chi connectivity index (χ4n) is 1.80. The van der Waals surface area contributed by atoms with Crippen LogP contribution in [0.1, 0.15) is 28.9 Å². The average Bonchev–Trinajstić information content (AvgIpc) is 2.43. The van der Waals surface area contributed by atoms with E-state index in [9.17, 15) is 9.18 Å². The van der Waals surface area contributed by atoms with Gasteiger partial charge in [-0.1, -0.05) is 41.9 Å². The summed E-state index contributed by atoms with van der Waals surface area (Å²) in [5.74, 6) is -0.743. The molecule has 0 aliphatic rings. The van der Waals surface area contributed by atoms with Crippen LogP contribution in [-0.2, 0) is 0 Å². The van der Waals surface area contributed by atoms with Gasteiger partial charge < -0.3 is 5.32 Å². The summed E-state index contributed by atoms with van der Waals surface area (Å²) in [6.07, 6.45) is 0. The zero-order chi connectivity index (χ0) is 14.7. The average molecular weight is 404 g/mol. The molecule has 0 heterocycles. The summed E-state index contributed by atoms with van der Waals surface area (Å²) in [5, 5.41) is 2.96. The van der Waals surface area contributed by atoms with E-state index in [1.54, 1.807) is 0 Å². The first-order chi connectivity index (χ1) is 9.49. The molecule has 20 heavy (non-hydrogen) atoms. The van der Waals surface area contributed by atoms with E-state index >= 15 is 0 Å². The molecule has 0 bridgehead atoms. The summed E-state index contributed by atoms with van der Waals surface area (Å²) >= 11 is 7.75. The molecular formula is C15H12ClFINO. The van der Waals surface area contributed by atoms with Crippen molar-refractivity contribution in [3.05, 3.63) is 68.0 Å². The highest BCUT2D eigenvalue weighted by molar-refractivity contribution is 14.1. The van der Waals surface area contributed by atoms with Gasteiger partial charge in [-0.25, -0.2) is 4.39 Å². The van der Waals surface area contributed by atoms with Crippen molar-refractivity contribution in [2.45, 2.75) is 13.0 Å². The molecular weight excluding hydrogens is 392 g/mol. The number of rotatable bonds is 3. The summed E-state index contributed by atoms with van der Waals surface area (Å²) < 4.78 is 13.7. The van der Waals surface area contributed by atoms with Crippen molar-refractivity contribution in [1.29, 1.82) is 0 Å². The minimum atomic E-state index is -0.428. The fourth-order valence-corrected chi connectivity index (χ4v) is 2.50. The van der Waals surface area contributed by atoms with E-state index in [4.69, 9.17) is 11.6 Å². The topological polar surface area (TPSA) is 29.1 Å². The van der Waals surface area contributed by atoms with Gasteiger partial charge in [-0.3, -0.25) is 4.79 Å². The smallest absolute Gasteiger partial charge is 0.253 e. The molecule has 1 atom stereocenters. The predicted molar refractivity (Wildman–Crippen MR) is 86.5 cm³/mol. The van der Waals surface area contributed by atoms with Gasteiger partial charge in [0.15, 0.2) is 0 Å². The predicted octanol–water partition coefficient (Wildman–Crippen LogP) is 4.57. The van der Waals surface area contributed by atoms with Crippen LogP contribution in [0.15, 0.2) is 42.5 Å². The summed E-state index contributed by atoms with van der Waals surface area (Å²) in [5.41, 5.74) is 1.27. The van der Waals surface area contributed by atoms with Crippen molar-refractivity contribution >= 4 is 40.1 Å². The van der Waals surface area contributed by atoms with E-state index < -0.39 is 5.82 Å². The molecule has 2 aromatic carbocycles. The first kappa shape index (κ1) is 15.3. The number of amides is 1. The van der Waals surface area contributed by atoms with Crippen LogP contribution in [0.3, 0.4) is 0 Å². The third-order valence-electron chi connectivity index (χ3n) is 2.90. The van der Waals surface area contributed by atoms with Crippen molar-refractivity contribution in [2.24, 2.45) is 0 Å². The van der Waals surface area contributed by atoms with Gasteiger partial charge in [-0.05, 0) is 47.2 Å². The second-order valence-electron chi connectivity index (χ2n) is 4.35. The van der Waals surface area contributed by atoms with Crippen LogP contribution >= 0.6 is 34.2 Å². The van der Waals surface area contributed by atoms with Crippen molar-refractivity contribution in [3.8, 4) is 0 Å². The Labute approximate surface area is 135 Å². The van der Waals surface area contributed by atoms with Crippen molar-refractivity contribution < 1.29 is 9.18 Å². The second-order valence-corrected chi connectivity index (χ2v) is 5.92. The maximum Gasteiger partial charge on any atom is 0.253 e. The van der Waals surface area contributed by atoms with E-state index in [0.29, 0.717) is 3.57 Å². The Hall–Kier alpha value is -1.14. The van der Waals surface area contributed by atoms with Gasteiger partial charge in [0.1, 0.15) is 5.82 Å². The Balaban J connectivity index is 2.19. The molecule has 2 rings (SSSR count). The molecule has 0 fully saturated rings. The lowest BCUT2D eigenvalue weighted by atomic mass is 10.1. The number of hydrogen-bond acceptors (Lipinski definition) is 1. The minimum Gasteiger partial charge on any atom is -0.345 e. The first-order valence-electron chi connectivity index (χ1n) is 5.99. The second kappa shape index (κ2) is 6.54. The highest BCUT2D eigenvalue weighted by atomic mass is 127. The van der Waals surface area contributed by atoms with Gasteiger partial charge >= 0.3 is 0 Å². The summed E-state index contributed by atoms with van der Waals surface area (Å²) in [7, 11) is 0. The molecule has 0 aromatic heterocycles. The third kappa shape index (κ3) is 3.49. The number of carbonyl (C=O) groups is 1. The van der Waals surface area contributed by atoms with Crippen LogP contribution in [0, 0.1) is 9.39 Å². The van der Waals surface area contributed by atoms with E-state index in [1.165, 1.54) is 6.07 Å². The molecule has 0 radical (unpaired) electrons. The van der Waals surface area contributed by atoms with E-state index in [0.717, 1.165) is 11.6 Å². The molecule has 2 nitrogen and oxygen atoms in total. The van der Waals surface area contributed by atoms with Gasteiger partial charge in [0.2, 0.25) is 0 Å². The van der Waals surface area contributed by atoms with Crippen LogP contribution in [0.2, 0.25) is 5.02 Å². The lowest BCUT2D eigenvalue weighted by Crippen LogP contribution is -2.27. The zero-order valence-electron chi connectivity index (χ0n) is 10.7. The normalized spacial score (nSPS) is 12.0. The summed E-state index contributed by atoms with van der Waals surface area (Å²) in [6.45, 7) is 1.88. The minimum absolute atomic E-state index is 0.112. The van der Waals surface area contributed by atoms with E-state index in [2.05, 4.69) is 5.32 Å². The monoisotopic (exact) mass is 403 g/mol. The van der Waals surface area contributed by atoms with Crippen LogP contribution in [0.5, 0.6) is 0 Å². The molecule has 0 aliphatic carbocycles. The van der Waals surface area contributed by atoms with Gasteiger partial charge in [-0.15, -0.1) is 0 Å². The maximum atomic E-state index is 13.3. The molecule has 0 saturated heterocycles. The fraction of sp³-hybridized carbons (Fsp3) is 0.133. The Morgan fingerprint density at radius 1 is 1.30 bits per heavy atom. The summed E-state index contributed by atoms with van der Waals surface area (Å²) in [6, 6.07) is 12.1. The van der Waals surface area contributed by atoms with Crippen LogP contribution < -0.4 is 5.32 Å². The van der Waals surface area contributed by atoms with Gasteiger partial charge in [0.05, 0.1) is 16.6 Å². The van der Waals surface area contributed by atoms with Gasteiger partial charge in [0.25, 0.3) is 5.91 Å². The molecule has 0 aliphatic heterocycles. The SMILES string of the molecule is C[C@H](NC(=O)c1cc(I)c(F)cc1Cl)c1ccccc1. The molecule has 5 heteroatoms. The quantitative estimate of drug-likeness (QED) is 0.590. The van der Waals surface area contributed by atoms with Gasteiger partial charge in [0, 0.05) is 3.57 Å². The Bertz CT molecular complexity index is 633. The molecule has 1 amide bonds. The van der Waals surface area contributed by atoms with E-state index in [-0.39, 0.29) is 22.5 Å². The van der Waals surface area contributed by atoms with Crippen LogP contribution in [-0.4, -0.2) is 5.91 Å². The van der Waals surface area contributed by atoms with E-state index in [1.807, 2.05) is 59.8 Å². The maximum absolute atomic E-state index is 13.3. The molecule has 2 aromatic rings. The Kier molecular flexibility index (Phi) is 4.99. The van der Waals surface area contributed by atoms with Crippen molar-refractivity contribution in [2.75, 3.05) is 0 Å². The molecule has 0 spiro atoms. The Morgan fingerprint density at radius 2 is 1.95 bits per heavy atom. The molecule has 0 unspecified atom stereocenters. The lowest BCUT2D eigenvalue weighted by Gasteiger charge is -2.15. The number of carbonyl (C=O) groups excluding carboxylic acids is 1. The molecule has 1 N–H and O–H groups in total. The first-order valence-corrected chi connectivity index (χ1v) is 7.45. The number of nitrogens with one attached hydrogen (secondary N) is 1. The summed E-state index contributed by atoms with van der Waals surface area (Å²) in [4.78, 5) is 12.2. The van der Waals surface area contributed by atoms with Crippen LogP contribution in [0.4, 0.5) is 4.39 Å². The lowest BCUT2D eigenvalue weighted by molar-refractivity contribution is 0.0940. The number of hydrogen-bond donors (Lipinski definition) is 1. The molecule has 0 saturated carbocycles. The standard InChI is InChI=1S/C15H12ClFINO/c1-9(10-5-3-2-4-6-10)19-15(20)11-7-14(18)13(17)8-12(11)16/h2-9H,1H3,(H,19,20)/t9-/m0/s1. The van der Waals surface area contributed by atoms with Crippen LogP contribution in [0.25, 0.3) is 0 Å². The largest absolute Gasteiger partial charge is 0.345 e. The van der Waals surface area contributed by atoms with Crippen molar-refractivity contribution in [3.63, 3.8) is 0 Å². The number of halogens is 3.